The second kappa shape index (κ2) is 2.35. The zero-order chi connectivity index (χ0) is 8.72. The van der Waals surface area contributed by atoms with Crippen molar-refractivity contribution < 1.29 is 0 Å². The topological polar surface area (TPSA) is 60.0 Å². The number of rotatable bonds is 0. The number of aromatic nitrogens is 1. The van der Waals surface area contributed by atoms with Gasteiger partial charge in [-0.05, 0) is 11.6 Å². The van der Waals surface area contributed by atoms with E-state index in [1.54, 1.807) is 17.7 Å². The van der Waals surface area contributed by atoms with E-state index >= 15 is 0 Å². The number of nitrogens with one attached hydrogen (secondary N) is 1. The molecule has 0 radical (unpaired) electrons. The van der Waals surface area contributed by atoms with Crippen molar-refractivity contribution in [2.45, 2.75) is 13.1 Å². The van der Waals surface area contributed by atoms with Crippen LogP contribution in [0.25, 0.3) is 0 Å². The molecule has 0 aliphatic carbocycles. The Hall–Kier alpha value is -1.29. The molecule has 1 aliphatic heterocycles. The van der Waals surface area contributed by atoms with Crippen LogP contribution in [0.5, 0.6) is 0 Å². The van der Waals surface area contributed by atoms with Crippen LogP contribution in [0.15, 0.2) is 10.9 Å². The number of hydrogen-bond donors (Lipinski definition) is 2. The highest BCUT2D eigenvalue weighted by atomic mass is 16.1. The maximum Gasteiger partial charge on any atom is 0.273 e. The Labute approximate surface area is 70.0 Å². The Morgan fingerprint density at radius 3 is 3.08 bits per heavy atom. The molecule has 0 bridgehead atoms. The van der Waals surface area contributed by atoms with Gasteiger partial charge in [0.15, 0.2) is 0 Å². The van der Waals surface area contributed by atoms with Gasteiger partial charge in [-0.15, -0.1) is 0 Å². The van der Waals surface area contributed by atoms with Crippen molar-refractivity contribution in [1.29, 1.82) is 0 Å². The predicted molar refractivity (Wildman–Crippen MR) is 46.6 cm³/mol. The monoisotopic (exact) mass is 165 g/mol. The lowest BCUT2D eigenvalue weighted by Crippen LogP contribution is -2.23. The van der Waals surface area contributed by atoms with Crippen LogP contribution in [0.1, 0.15) is 11.3 Å². The SMILES string of the molecule is Cn1c2c(cc(N)c1=O)CNC2. The molecule has 2 heterocycles. The molecule has 0 unspecified atom stereocenters. The van der Waals surface area contributed by atoms with Crippen molar-refractivity contribution in [2.75, 3.05) is 5.73 Å². The third-order valence-corrected chi connectivity index (χ3v) is 2.26. The summed E-state index contributed by atoms with van der Waals surface area (Å²) in [6.07, 6.45) is 0. The van der Waals surface area contributed by atoms with E-state index in [-0.39, 0.29) is 5.56 Å². The second-order valence-corrected chi connectivity index (χ2v) is 3.04. The summed E-state index contributed by atoms with van der Waals surface area (Å²) in [4.78, 5) is 11.3. The van der Waals surface area contributed by atoms with Gasteiger partial charge in [0.05, 0.1) is 5.69 Å². The largest absolute Gasteiger partial charge is 0.394 e. The molecule has 64 valence electrons. The summed E-state index contributed by atoms with van der Waals surface area (Å²) in [7, 11) is 1.75. The molecule has 0 fully saturated rings. The Morgan fingerprint density at radius 2 is 2.33 bits per heavy atom. The molecular weight excluding hydrogens is 154 g/mol. The highest BCUT2D eigenvalue weighted by Crippen LogP contribution is 2.14. The average Bonchev–Trinajstić information content (AvgIpc) is 2.48. The molecule has 3 N–H and O–H groups in total. The van der Waals surface area contributed by atoms with E-state index in [1.807, 2.05) is 0 Å². The zero-order valence-corrected chi connectivity index (χ0v) is 6.92. The maximum absolute atomic E-state index is 11.3. The maximum atomic E-state index is 11.3. The van der Waals surface area contributed by atoms with Crippen LogP contribution >= 0.6 is 0 Å². The number of anilines is 1. The molecule has 12 heavy (non-hydrogen) atoms. The predicted octanol–water partition coefficient (Wildman–Crippen LogP) is -0.429. The quantitative estimate of drug-likeness (QED) is 0.548. The van der Waals surface area contributed by atoms with Gasteiger partial charge in [0.1, 0.15) is 0 Å². The number of hydrogen-bond acceptors (Lipinski definition) is 3. The van der Waals surface area contributed by atoms with Gasteiger partial charge in [-0.2, -0.15) is 0 Å². The van der Waals surface area contributed by atoms with Gasteiger partial charge in [-0.25, -0.2) is 0 Å². The van der Waals surface area contributed by atoms with Crippen molar-refractivity contribution in [3.05, 3.63) is 27.7 Å². The average molecular weight is 165 g/mol. The lowest BCUT2D eigenvalue weighted by molar-refractivity contribution is 0.721. The minimum atomic E-state index is -0.0996. The molecule has 4 heteroatoms. The van der Waals surface area contributed by atoms with Gasteiger partial charge in [0.25, 0.3) is 5.56 Å². The lowest BCUT2D eigenvalue weighted by Gasteiger charge is -2.06. The third-order valence-electron chi connectivity index (χ3n) is 2.26. The van der Waals surface area contributed by atoms with Crippen LogP contribution < -0.4 is 16.6 Å². The Morgan fingerprint density at radius 1 is 1.58 bits per heavy atom. The summed E-state index contributed by atoms with van der Waals surface area (Å²) in [5.41, 5.74) is 7.95. The van der Waals surface area contributed by atoms with Crippen molar-refractivity contribution >= 4 is 5.69 Å². The first-order valence-corrected chi connectivity index (χ1v) is 3.88. The van der Waals surface area contributed by atoms with Crippen LogP contribution in [-0.2, 0) is 20.1 Å². The van der Waals surface area contributed by atoms with E-state index < -0.39 is 0 Å². The molecule has 0 saturated heterocycles. The normalized spacial score (nSPS) is 14.8. The van der Waals surface area contributed by atoms with E-state index in [0.29, 0.717) is 5.69 Å². The Kier molecular flexibility index (Phi) is 1.44. The van der Waals surface area contributed by atoms with Gasteiger partial charge in [0, 0.05) is 25.8 Å². The molecule has 1 aromatic rings. The molecule has 1 aromatic heterocycles. The Balaban J connectivity index is 2.76. The summed E-state index contributed by atoms with van der Waals surface area (Å²) in [5, 5.41) is 3.17. The number of pyridine rings is 1. The van der Waals surface area contributed by atoms with Crippen LogP contribution in [0, 0.1) is 0 Å². The van der Waals surface area contributed by atoms with E-state index in [1.165, 1.54) is 0 Å². The van der Waals surface area contributed by atoms with Gasteiger partial charge < -0.3 is 15.6 Å². The highest BCUT2D eigenvalue weighted by molar-refractivity contribution is 5.42. The van der Waals surface area contributed by atoms with Crippen molar-refractivity contribution in [3.8, 4) is 0 Å². The highest BCUT2D eigenvalue weighted by Gasteiger charge is 2.14. The zero-order valence-electron chi connectivity index (χ0n) is 6.92. The fourth-order valence-corrected chi connectivity index (χ4v) is 1.57. The van der Waals surface area contributed by atoms with E-state index in [4.69, 9.17) is 5.73 Å². The molecule has 4 nitrogen and oxygen atoms in total. The first-order valence-electron chi connectivity index (χ1n) is 3.88. The second-order valence-electron chi connectivity index (χ2n) is 3.04. The van der Waals surface area contributed by atoms with E-state index in [2.05, 4.69) is 5.32 Å². The number of fused-ring (bicyclic) bond motifs is 1. The van der Waals surface area contributed by atoms with Crippen molar-refractivity contribution in [1.82, 2.24) is 9.88 Å². The minimum Gasteiger partial charge on any atom is -0.394 e. The van der Waals surface area contributed by atoms with Crippen LogP contribution in [0.2, 0.25) is 0 Å². The van der Waals surface area contributed by atoms with E-state index in [0.717, 1.165) is 24.3 Å². The van der Waals surface area contributed by atoms with Gasteiger partial charge in [-0.1, -0.05) is 0 Å². The number of nitrogens with two attached hydrogens (primary N) is 1. The van der Waals surface area contributed by atoms with E-state index in [9.17, 15) is 4.79 Å². The molecule has 0 aromatic carbocycles. The van der Waals surface area contributed by atoms with Crippen molar-refractivity contribution in [3.63, 3.8) is 0 Å². The molecule has 2 rings (SSSR count). The molecular formula is C8H11N3O. The smallest absolute Gasteiger partial charge is 0.273 e. The first-order chi connectivity index (χ1) is 5.70. The third kappa shape index (κ3) is 0.848. The van der Waals surface area contributed by atoms with Crippen LogP contribution in [0.4, 0.5) is 5.69 Å². The lowest BCUT2D eigenvalue weighted by atomic mass is 10.2. The summed E-state index contributed by atoms with van der Waals surface area (Å²) in [6, 6.07) is 1.76. The van der Waals surface area contributed by atoms with Gasteiger partial charge in [0.2, 0.25) is 0 Å². The standard InChI is InChI=1S/C8H11N3O/c1-11-7-4-10-3-5(7)2-6(9)8(11)12/h2,10H,3-4,9H2,1H3. The van der Waals surface area contributed by atoms with Crippen molar-refractivity contribution in [2.24, 2.45) is 7.05 Å². The molecule has 0 amide bonds. The Bertz CT molecular complexity index is 381. The molecule has 0 spiro atoms. The first kappa shape index (κ1) is 7.36. The number of nitrogens with zero attached hydrogens (tertiary/aromatic N) is 1. The number of nitrogen functional groups attached to an aromatic ring is 1. The summed E-state index contributed by atoms with van der Waals surface area (Å²) in [6.45, 7) is 1.58. The summed E-state index contributed by atoms with van der Waals surface area (Å²) >= 11 is 0. The molecule has 0 saturated carbocycles. The van der Waals surface area contributed by atoms with Crippen LogP contribution in [-0.4, -0.2) is 4.57 Å². The van der Waals surface area contributed by atoms with Gasteiger partial charge >= 0.3 is 0 Å². The summed E-state index contributed by atoms with van der Waals surface area (Å²) < 4.78 is 1.62. The van der Waals surface area contributed by atoms with Crippen LogP contribution in [0.3, 0.4) is 0 Å². The van der Waals surface area contributed by atoms with Gasteiger partial charge in [-0.3, -0.25) is 4.79 Å². The minimum absolute atomic E-state index is 0.0996. The fraction of sp³-hybridized carbons (Fsp3) is 0.375. The molecule has 1 aliphatic rings. The fourth-order valence-electron chi connectivity index (χ4n) is 1.57. The summed E-state index contributed by atoms with van der Waals surface area (Å²) in [5.74, 6) is 0. The molecule has 0 atom stereocenters.